The third-order valence-electron chi connectivity index (χ3n) is 2.56. The Kier molecular flexibility index (Phi) is 3.93. The Balaban J connectivity index is 1.93. The van der Waals surface area contributed by atoms with Crippen LogP contribution in [0.2, 0.25) is 0 Å². The number of aromatic nitrogens is 2. The second-order valence-corrected chi connectivity index (χ2v) is 4.60. The van der Waals surface area contributed by atoms with Gasteiger partial charge in [-0.25, -0.2) is 4.98 Å². The number of aryl methyl sites for hydroxylation is 1. The van der Waals surface area contributed by atoms with Crippen LogP contribution in [0.15, 0.2) is 11.6 Å². The van der Waals surface area contributed by atoms with Crippen LogP contribution in [0.25, 0.3) is 4.96 Å². The van der Waals surface area contributed by atoms with Gasteiger partial charge in [0, 0.05) is 31.8 Å². The Labute approximate surface area is 99.3 Å². The van der Waals surface area contributed by atoms with Crippen LogP contribution in [0.5, 0.6) is 0 Å². The standard InChI is InChI=1S/C11H17N3OS/c1-9-10(8-12-4-3-6-15-2)14-5-7-16-11(14)13-9/h5,7,12H,3-4,6,8H2,1-2H3. The van der Waals surface area contributed by atoms with Crippen molar-refractivity contribution < 1.29 is 4.74 Å². The van der Waals surface area contributed by atoms with Gasteiger partial charge in [-0.3, -0.25) is 4.40 Å². The molecule has 1 N–H and O–H groups in total. The molecule has 0 atom stereocenters. The topological polar surface area (TPSA) is 38.6 Å². The molecule has 2 aromatic rings. The molecule has 0 fully saturated rings. The molecule has 0 unspecified atom stereocenters. The number of methoxy groups -OCH3 is 1. The second kappa shape index (κ2) is 5.43. The van der Waals surface area contributed by atoms with Crippen LogP contribution in [-0.4, -0.2) is 29.6 Å². The first kappa shape index (κ1) is 11.6. The molecule has 0 saturated heterocycles. The van der Waals surface area contributed by atoms with Crippen molar-refractivity contribution in [3.63, 3.8) is 0 Å². The molecule has 0 radical (unpaired) electrons. The highest BCUT2D eigenvalue weighted by molar-refractivity contribution is 7.15. The third-order valence-corrected chi connectivity index (χ3v) is 3.31. The number of thiazole rings is 1. The first-order valence-corrected chi connectivity index (χ1v) is 6.31. The molecule has 2 heterocycles. The van der Waals surface area contributed by atoms with E-state index in [1.165, 1.54) is 5.69 Å². The summed E-state index contributed by atoms with van der Waals surface area (Å²) in [5.74, 6) is 0. The summed E-state index contributed by atoms with van der Waals surface area (Å²) in [5.41, 5.74) is 2.37. The highest BCUT2D eigenvalue weighted by atomic mass is 32.1. The number of ether oxygens (including phenoxy) is 1. The number of rotatable bonds is 6. The molecule has 0 amide bonds. The van der Waals surface area contributed by atoms with Crippen molar-refractivity contribution in [2.24, 2.45) is 0 Å². The molecule has 0 saturated carbocycles. The lowest BCUT2D eigenvalue weighted by Crippen LogP contribution is -2.17. The summed E-state index contributed by atoms with van der Waals surface area (Å²) in [6, 6.07) is 0. The van der Waals surface area contributed by atoms with Gasteiger partial charge in [0.25, 0.3) is 0 Å². The molecule has 0 aliphatic heterocycles. The van der Waals surface area contributed by atoms with Gasteiger partial charge in [0.15, 0.2) is 4.96 Å². The molecule has 5 heteroatoms. The largest absolute Gasteiger partial charge is 0.385 e. The highest BCUT2D eigenvalue weighted by Crippen LogP contribution is 2.16. The van der Waals surface area contributed by atoms with Crippen LogP contribution >= 0.6 is 11.3 Å². The van der Waals surface area contributed by atoms with Crippen LogP contribution in [0, 0.1) is 6.92 Å². The highest BCUT2D eigenvalue weighted by Gasteiger charge is 2.08. The number of imidazole rings is 1. The van der Waals surface area contributed by atoms with E-state index in [-0.39, 0.29) is 0 Å². The molecule has 0 bridgehead atoms. The molecular weight excluding hydrogens is 222 g/mol. The fourth-order valence-electron chi connectivity index (χ4n) is 1.70. The van der Waals surface area contributed by atoms with Gasteiger partial charge in [-0.2, -0.15) is 0 Å². The molecule has 0 spiro atoms. The zero-order chi connectivity index (χ0) is 11.4. The summed E-state index contributed by atoms with van der Waals surface area (Å²) < 4.78 is 7.16. The van der Waals surface area contributed by atoms with Crippen molar-refractivity contribution in [1.29, 1.82) is 0 Å². The van der Waals surface area contributed by atoms with Gasteiger partial charge in [-0.05, 0) is 19.9 Å². The molecule has 2 rings (SSSR count). The summed E-state index contributed by atoms with van der Waals surface area (Å²) in [4.78, 5) is 5.58. The minimum Gasteiger partial charge on any atom is -0.385 e. The zero-order valence-electron chi connectivity index (χ0n) is 9.69. The van der Waals surface area contributed by atoms with Gasteiger partial charge in [-0.15, -0.1) is 11.3 Å². The van der Waals surface area contributed by atoms with E-state index < -0.39 is 0 Å². The average molecular weight is 239 g/mol. The van der Waals surface area contributed by atoms with E-state index in [1.54, 1.807) is 18.4 Å². The number of hydrogen-bond acceptors (Lipinski definition) is 4. The van der Waals surface area contributed by atoms with E-state index in [4.69, 9.17) is 4.74 Å². The monoisotopic (exact) mass is 239 g/mol. The van der Waals surface area contributed by atoms with E-state index in [0.717, 1.165) is 36.8 Å². The quantitative estimate of drug-likeness (QED) is 0.782. The first-order chi connectivity index (χ1) is 7.83. The summed E-state index contributed by atoms with van der Waals surface area (Å²) in [6.07, 6.45) is 3.12. The smallest absolute Gasteiger partial charge is 0.194 e. The Morgan fingerprint density at radius 2 is 2.44 bits per heavy atom. The van der Waals surface area contributed by atoms with Crippen molar-refractivity contribution in [3.05, 3.63) is 23.0 Å². The lowest BCUT2D eigenvalue weighted by molar-refractivity contribution is 0.194. The number of nitrogens with one attached hydrogen (secondary N) is 1. The molecule has 4 nitrogen and oxygen atoms in total. The van der Waals surface area contributed by atoms with Crippen LogP contribution < -0.4 is 5.32 Å². The van der Waals surface area contributed by atoms with E-state index in [2.05, 4.69) is 33.2 Å². The van der Waals surface area contributed by atoms with Gasteiger partial charge in [-0.1, -0.05) is 0 Å². The van der Waals surface area contributed by atoms with Gasteiger partial charge in [0.05, 0.1) is 11.4 Å². The summed E-state index contributed by atoms with van der Waals surface area (Å²) >= 11 is 1.67. The molecule has 0 aromatic carbocycles. The van der Waals surface area contributed by atoms with Gasteiger partial charge in [0.2, 0.25) is 0 Å². The fraction of sp³-hybridized carbons (Fsp3) is 0.545. The molecular formula is C11H17N3OS. The minimum atomic E-state index is 0.812. The predicted octanol–water partition coefficient (Wildman–Crippen LogP) is 1.83. The summed E-state index contributed by atoms with van der Waals surface area (Å²) in [5, 5.41) is 5.47. The van der Waals surface area contributed by atoms with Crippen LogP contribution in [0.1, 0.15) is 17.8 Å². The molecule has 16 heavy (non-hydrogen) atoms. The van der Waals surface area contributed by atoms with Crippen molar-refractivity contribution in [2.75, 3.05) is 20.3 Å². The first-order valence-electron chi connectivity index (χ1n) is 5.43. The van der Waals surface area contributed by atoms with Crippen molar-refractivity contribution in [3.8, 4) is 0 Å². The van der Waals surface area contributed by atoms with Crippen LogP contribution in [0.4, 0.5) is 0 Å². The lowest BCUT2D eigenvalue weighted by Gasteiger charge is -2.04. The average Bonchev–Trinajstić information content (AvgIpc) is 2.80. The van der Waals surface area contributed by atoms with Crippen molar-refractivity contribution in [2.45, 2.75) is 19.9 Å². The maximum atomic E-state index is 5.00. The van der Waals surface area contributed by atoms with E-state index in [0.29, 0.717) is 0 Å². The van der Waals surface area contributed by atoms with Crippen LogP contribution in [0.3, 0.4) is 0 Å². The minimum absolute atomic E-state index is 0.812. The van der Waals surface area contributed by atoms with E-state index in [9.17, 15) is 0 Å². The van der Waals surface area contributed by atoms with Gasteiger partial charge < -0.3 is 10.1 Å². The molecule has 2 aromatic heterocycles. The lowest BCUT2D eigenvalue weighted by atomic mass is 10.3. The second-order valence-electron chi connectivity index (χ2n) is 3.72. The van der Waals surface area contributed by atoms with Gasteiger partial charge >= 0.3 is 0 Å². The number of fused-ring (bicyclic) bond motifs is 1. The maximum absolute atomic E-state index is 5.00. The fourth-order valence-corrected chi connectivity index (χ4v) is 2.48. The van der Waals surface area contributed by atoms with Crippen LogP contribution in [-0.2, 0) is 11.3 Å². The number of hydrogen-bond donors (Lipinski definition) is 1. The third kappa shape index (κ3) is 2.42. The summed E-state index contributed by atoms with van der Waals surface area (Å²) in [6.45, 7) is 4.72. The Morgan fingerprint density at radius 3 is 3.25 bits per heavy atom. The molecule has 0 aliphatic rings. The predicted molar refractivity (Wildman–Crippen MR) is 66.0 cm³/mol. The van der Waals surface area contributed by atoms with Crippen molar-refractivity contribution in [1.82, 2.24) is 14.7 Å². The maximum Gasteiger partial charge on any atom is 0.194 e. The van der Waals surface area contributed by atoms with E-state index >= 15 is 0 Å². The Morgan fingerprint density at radius 1 is 1.56 bits per heavy atom. The molecule has 88 valence electrons. The molecule has 0 aliphatic carbocycles. The SMILES string of the molecule is COCCCNCc1c(C)nc2sccn12. The zero-order valence-corrected chi connectivity index (χ0v) is 10.5. The van der Waals surface area contributed by atoms with E-state index in [1.807, 2.05) is 0 Å². The Bertz CT molecular complexity index is 449. The number of nitrogens with zero attached hydrogens (tertiary/aromatic N) is 2. The van der Waals surface area contributed by atoms with Crippen molar-refractivity contribution >= 4 is 16.3 Å². The Hall–Kier alpha value is -0.910. The van der Waals surface area contributed by atoms with Gasteiger partial charge in [0.1, 0.15) is 0 Å². The normalized spacial score (nSPS) is 11.4. The summed E-state index contributed by atoms with van der Waals surface area (Å²) in [7, 11) is 1.73.